The Balaban J connectivity index is -0.0000000910. The molecular weight excluding hydrogens is 179 g/mol. The summed E-state index contributed by atoms with van der Waals surface area (Å²) >= 11 is 0. The molecule has 0 aromatic heterocycles. The molecule has 0 spiro atoms. The summed E-state index contributed by atoms with van der Waals surface area (Å²) in [6, 6.07) is 0. The minimum atomic E-state index is -4.86. The molecule has 7 nitrogen and oxygen atoms in total. The van der Waals surface area contributed by atoms with Gasteiger partial charge in [-0.2, -0.15) is 0 Å². The van der Waals surface area contributed by atoms with E-state index in [4.69, 9.17) is 34.2 Å². The molecule has 0 aromatic rings. The van der Waals surface area contributed by atoms with Crippen molar-refractivity contribution >= 4 is 32.6 Å². The van der Waals surface area contributed by atoms with Gasteiger partial charge < -0.3 is 34.2 Å². The average molecular weight is 182 g/mol. The SMILES string of the molecule is O=C([O-])[O-].[Al+3].[O-][Si](O)(O)O. The summed E-state index contributed by atoms with van der Waals surface area (Å²) in [6.07, 6.45) is -2.33. The third-order valence-corrected chi connectivity index (χ3v) is 0. The molecule has 0 saturated heterocycles. The maximum absolute atomic E-state index is 8.91. The molecule has 0 fully saturated rings. The molecule has 0 aliphatic rings. The van der Waals surface area contributed by atoms with Crippen LogP contribution in [0.25, 0.3) is 0 Å². The molecule has 0 radical (unpaired) electrons. The summed E-state index contributed by atoms with van der Waals surface area (Å²) in [5.41, 5.74) is 0. The maximum atomic E-state index is 8.91. The van der Waals surface area contributed by atoms with Gasteiger partial charge in [-0.1, -0.05) is 0 Å². The number of hydrogen-bond donors (Lipinski definition) is 3. The minimum absolute atomic E-state index is 0. The topological polar surface area (TPSA) is 147 Å². The molecule has 0 saturated carbocycles. The summed E-state index contributed by atoms with van der Waals surface area (Å²) in [7, 11) is -4.86. The van der Waals surface area contributed by atoms with Crippen molar-refractivity contribution < 1.29 is 34.2 Å². The quantitative estimate of drug-likeness (QED) is 0.316. The monoisotopic (exact) mass is 182 g/mol. The number of carbonyl (C=O) groups excluding carboxylic acids is 1. The van der Waals surface area contributed by atoms with E-state index in [0.29, 0.717) is 0 Å². The van der Waals surface area contributed by atoms with Gasteiger partial charge in [-0.3, -0.25) is 0 Å². The van der Waals surface area contributed by atoms with Crippen molar-refractivity contribution in [2.24, 2.45) is 0 Å². The zero-order chi connectivity index (χ0) is 8.08. The van der Waals surface area contributed by atoms with Crippen LogP contribution in [0.15, 0.2) is 0 Å². The van der Waals surface area contributed by atoms with E-state index in [0.717, 1.165) is 0 Å². The zero-order valence-electron chi connectivity index (χ0n) is 4.55. The summed E-state index contributed by atoms with van der Waals surface area (Å²) in [4.78, 5) is 38.9. The Labute approximate surface area is 67.4 Å². The van der Waals surface area contributed by atoms with E-state index in [1.54, 1.807) is 0 Å². The van der Waals surface area contributed by atoms with Gasteiger partial charge in [0.05, 0.1) is 0 Å². The predicted octanol–water partition coefficient (Wildman–Crippen LogP) is -6.07. The fourth-order valence-electron chi connectivity index (χ4n) is 0. The first-order chi connectivity index (χ1) is 3.73. The molecule has 0 amide bonds. The van der Waals surface area contributed by atoms with Gasteiger partial charge in [-0.15, -0.1) is 0 Å². The normalized spacial score (nSPS) is 8.40. The van der Waals surface area contributed by atoms with Crippen LogP contribution in [-0.2, 0) is 0 Å². The van der Waals surface area contributed by atoms with E-state index < -0.39 is 15.2 Å². The second-order valence-corrected chi connectivity index (χ2v) is 1.97. The maximum Gasteiger partial charge on any atom is 3.00 e. The Bertz CT molecular complexity index is 76.1. The molecule has 10 heavy (non-hydrogen) atoms. The fraction of sp³-hybridized carbons (Fsp3) is 0. The average Bonchev–Trinajstić information content (AvgIpc) is 1.19. The van der Waals surface area contributed by atoms with Gasteiger partial charge in [0.1, 0.15) is 0 Å². The molecule has 3 N–H and O–H groups in total. The summed E-state index contributed by atoms with van der Waals surface area (Å²) < 4.78 is 0. The Kier molecular flexibility index (Phi) is 11.5. The number of carbonyl (C=O) groups is 1. The van der Waals surface area contributed by atoms with Crippen molar-refractivity contribution in [2.45, 2.75) is 0 Å². The molecule has 0 aliphatic carbocycles. The molecule has 0 atom stereocenters. The Morgan fingerprint density at radius 1 is 1.20 bits per heavy atom. The van der Waals surface area contributed by atoms with E-state index in [1.807, 2.05) is 0 Å². The molecule has 56 valence electrons. The van der Waals surface area contributed by atoms with Crippen LogP contribution < -0.4 is 15.0 Å². The number of hydrogen-bond acceptors (Lipinski definition) is 7. The predicted molar refractivity (Wildman–Crippen MR) is 23.6 cm³/mol. The van der Waals surface area contributed by atoms with Crippen LogP contribution in [0, 0.1) is 0 Å². The fourth-order valence-corrected chi connectivity index (χ4v) is 0. The van der Waals surface area contributed by atoms with Crippen LogP contribution in [0.1, 0.15) is 0 Å². The first kappa shape index (κ1) is 16.4. The van der Waals surface area contributed by atoms with Crippen LogP contribution in [0.4, 0.5) is 4.79 Å². The van der Waals surface area contributed by atoms with Gasteiger partial charge >= 0.3 is 26.4 Å². The summed E-state index contributed by atoms with van der Waals surface area (Å²) in [5, 5.41) is 16.7. The van der Waals surface area contributed by atoms with Crippen molar-refractivity contribution in [3.05, 3.63) is 0 Å². The van der Waals surface area contributed by atoms with E-state index in [-0.39, 0.29) is 17.4 Å². The third kappa shape index (κ3) is 18700. The van der Waals surface area contributed by atoms with Crippen molar-refractivity contribution in [1.29, 1.82) is 0 Å². The van der Waals surface area contributed by atoms with Crippen molar-refractivity contribution in [1.82, 2.24) is 0 Å². The standard InChI is InChI=1S/CH2O3.Al.H3O4Si/c2-1(3)4;;1-5(2,3)4/h(H2,2,3,4);;1-3H/q;+3;-1/p-2. The second kappa shape index (κ2) is 6.97. The third-order valence-electron chi connectivity index (χ3n) is 0. The van der Waals surface area contributed by atoms with E-state index in [2.05, 4.69) is 0 Å². The van der Waals surface area contributed by atoms with E-state index >= 15 is 0 Å². The van der Waals surface area contributed by atoms with Crippen LogP contribution >= 0.6 is 0 Å². The molecule has 0 unspecified atom stereocenters. The number of rotatable bonds is 0. The van der Waals surface area contributed by atoms with Crippen LogP contribution in [0.2, 0.25) is 0 Å². The molecule has 0 rings (SSSR count). The van der Waals surface area contributed by atoms with Gasteiger partial charge in [-0.05, 0) is 6.16 Å². The van der Waals surface area contributed by atoms with Crippen molar-refractivity contribution in [3.63, 3.8) is 0 Å². The second-order valence-electron chi connectivity index (χ2n) is 0.824. The largest absolute Gasteiger partial charge is 3.00 e. The number of carboxylic acid groups (broad SMARTS) is 2. The van der Waals surface area contributed by atoms with Crippen molar-refractivity contribution in [2.75, 3.05) is 0 Å². The zero-order valence-corrected chi connectivity index (χ0v) is 6.71. The Morgan fingerprint density at radius 2 is 1.20 bits per heavy atom. The molecule has 0 aromatic carbocycles. The Morgan fingerprint density at radius 3 is 1.20 bits per heavy atom. The first-order valence-corrected chi connectivity index (χ1v) is 3.24. The minimum Gasteiger partial charge on any atom is -0.794 e. The summed E-state index contributed by atoms with van der Waals surface area (Å²) in [6.45, 7) is 0. The van der Waals surface area contributed by atoms with Crippen LogP contribution in [-0.4, -0.2) is 47.0 Å². The van der Waals surface area contributed by atoms with Crippen LogP contribution in [0.5, 0.6) is 0 Å². The van der Waals surface area contributed by atoms with Gasteiger partial charge in [0.15, 0.2) is 0 Å². The van der Waals surface area contributed by atoms with Gasteiger partial charge in [-0.25, -0.2) is 0 Å². The molecule has 0 heterocycles. The Hall–Kier alpha value is -0.141. The summed E-state index contributed by atoms with van der Waals surface area (Å²) in [5.74, 6) is 0. The van der Waals surface area contributed by atoms with E-state index in [1.165, 1.54) is 0 Å². The smallest absolute Gasteiger partial charge is 0.794 e. The van der Waals surface area contributed by atoms with Gasteiger partial charge in [0.25, 0.3) is 0 Å². The van der Waals surface area contributed by atoms with Gasteiger partial charge in [0.2, 0.25) is 0 Å². The van der Waals surface area contributed by atoms with E-state index in [9.17, 15) is 0 Å². The molecule has 0 aliphatic heterocycles. The van der Waals surface area contributed by atoms with Crippen molar-refractivity contribution in [3.8, 4) is 0 Å². The van der Waals surface area contributed by atoms with Crippen LogP contribution in [0.3, 0.4) is 0 Å². The van der Waals surface area contributed by atoms with Gasteiger partial charge in [0, 0.05) is 0 Å². The first-order valence-electron chi connectivity index (χ1n) is 1.49. The molecule has 9 heteroatoms. The molecule has 0 bridgehead atoms. The molecular formula is CH3AlO7Si.